The van der Waals surface area contributed by atoms with Gasteiger partial charge in [0.25, 0.3) is 0 Å². The molecule has 0 radical (unpaired) electrons. The van der Waals surface area contributed by atoms with Crippen LogP contribution in [-0.4, -0.2) is 17.1 Å². The number of benzene rings is 1. The summed E-state index contributed by atoms with van der Waals surface area (Å²) in [4.78, 5) is 9.03. The van der Waals surface area contributed by atoms with Crippen LogP contribution in [-0.2, 0) is 0 Å². The first kappa shape index (κ1) is 13.7. The SMILES string of the molecule is COc1ccc(C)cc1Nc1nc(C2CC2)nc(N)c1C. The van der Waals surface area contributed by atoms with Gasteiger partial charge in [0.2, 0.25) is 0 Å². The summed E-state index contributed by atoms with van der Waals surface area (Å²) in [5.74, 6) is 3.39. The Morgan fingerprint density at radius 1 is 1.24 bits per heavy atom. The van der Waals surface area contributed by atoms with Gasteiger partial charge in [0.05, 0.1) is 12.8 Å². The van der Waals surface area contributed by atoms with E-state index in [9.17, 15) is 0 Å². The summed E-state index contributed by atoms with van der Waals surface area (Å²) < 4.78 is 5.40. The summed E-state index contributed by atoms with van der Waals surface area (Å²) in [7, 11) is 1.66. The molecule has 0 bridgehead atoms. The van der Waals surface area contributed by atoms with Crippen LogP contribution in [0.25, 0.3) is 0 Å². The molecule has 1 saturated carbocycles. The molecular formula is C16H20N4O. The lowest BCUT2D eigenvalue weighted by molar-refractivity contribution is 0.416. The van der Waals surface area contributed by atoms with Crippen molar-refractivity contribution in [2.24, 2.45) is 0 Å². The van der Waals surface area contributed by atoms with E-state index in [4.69, 9.17) is 10.5 Å². The quantitative estimate of drug-likeness (QED) is 0.901. The summed E-state index contributed by atoms with van der Waals surface area (Å²) in [6.07, 6.45) is 2.30. The second-order valence-corrected chi connectivity index (χ2v) is 5.54. The maximum absolute atomic E-state index is 6.02. The number of methoxy groups -OCH3 is 1. The van der Waals surface area contributed by atoms with E-state index in [1.54, 1.807) is 7.11 Å². The molecule has 0 atom stereocenters. The summed E-state index contributed by atoms with van der Waals surface area (Å²) in [5.41, 5.74) is 8.93. The molecule has 1 aromatic heterocycles. The van der Waals surface area contributed by atoms with Crippen LogP contribution in [0.2, 0.25) is 0 Å². The number of nitrogens with zero attached hydrogens (tertiary/aromatic N) is 2. The zero-order valence-corrected chi connectivity index (χ0v) is 12.6. The third-order valence-corrected chi connectivity index (χ3v) is 3.75. The van der Waals surface area contributed by atoms with E-state index < -0.39 is 0 Å². The van der Waals surface area contributed by atoms with E-state index >= 15 is 0 Å². The number of nitrogens with two attached hydrogens (primary N) is 1. The Bertz CT molecular complexity index is 680. The molecule has 0 spiro atoms. The fourth-order valence-electron chi connectivity index (χ4n) is 2.24. The molecule has 1 aromatic carbocycles. The number of ether oxygens (including phenoxy) is 1. The van der Waals surface area contributed by atoms with Crippen molar-refractivity contribution < 1.29 is 4.74 Å². The van der Waals surface area contributed by atoms with Crippen LogP contribution in [0, 0.1) is 13.8 Å². The molecule has 0 amide bonds. The van der Waals surface area contributed by atoms with Gasteiger partial charge >= 0.3 is 0 Å². The van der Waals surface area contributed by atoms with Gasteiger partial charge in [-0.3, -0.25) is 0 Å². The molecule has 1 fully saturated rings. The molecule has 3 rings (SSSR count). The highest BCUT2D eigenvalue weighted by atomic mass is 16.5. The highest BCUT2D eigenvalue weighted by molar-refractivity contribution is 5.69. The first-order valence-corrected chi connectivity index (χ1v) is 7.14. The zero-order chi connectivity index (χ0) is 15.0. The lowest BCUT2D eigenvalue weighted by Gasteiger charge is -2.15. The molecule has 1 aliphatic carbocycles. The standard InChI is InChI=1S/C16H20N4O/c1-9-4-7-13(21-3)12(8-9)18-15-10(2)14(17)19-16(20-15)11-5-6-11/h4,7-8,11H,5-6H2,1-3H3,(H3,17,18,19,20). The highest BCUT2D eigenvalue weighted by Gasteiger charge is 2.28. The molecule has 1 aliphatic rings. The maximum atomic E-state index is 6.02. The first-order chi connectivity index (χ1) is 10.1. The molecule has 21 heavy (non-hydrogen) atoms. The molecule has 0 saturated heterocycles. The molecule has 0 unspecified atom stereocenters. The Morgan fingerprint density at radius 3 is 2.67 bits per heavy atom. The number of aromatic nitrogens is 2. The lowest BCUT2D eigenvalue weighted by atomic mass is 10.2. The summed E-state index contributed by atoms with van der Waals surface area (Å²) in [6.45, 7) is 3.97. The molecule has 110 valence electrons. The number of nitrogens with one attached hydrogen (secondary N) is 1. The normalized spacial score (nSPS) is 14.0. The van der Waals surface area contributed by atoms with Gasteiger partial charge < -0.3 is 15.8 Å². The van der Waals surface area contributed by atoms with E-state index in [1.807, 2.05) is 32.0 Å². The Hall–Kier alpha value is -2.30. The van der Waals surface area contributed by atoms with Crippen molar-refractivity contribution in [2.75, 3.05) is 18.2 Å². The third-order valence-electron chi connectivity index (χ3n) is 3.75. The van der Waals surface area contributed by atoms with Gasteiger partial charge in [-0.15, -0.1) is 0 Å². The smallest absolute Gasteiger partial charge is 0.142 e. The second-order valence-electron chi connectivity index (χ2n) is 5.54. The van der Waals surface area contributed by atoms with Gasteiger partial charge in [-0.2, -0.15) is 0 Å². The van der Waals surface area contributed by atoms with Crippen molar-refractivity contribution in [1.29, 1.82) is 0 Å². The minimum absolute atomic E-state index is 0.466. The average molecular weight is 284 g/mol. The Labute approximate surface area is 124 Å². The number of rotatable bonds is 4. The van der Waals surface area contributed by atoms with Crippen LogP contribution >= 0.6 is 0 Å². The maximum Gasteiger partial charge on any atom is 0.142 e. The molecule has 3 N–H and O–H groups in total. The lowest BCUT2D eigenvalue weighted by Crippen LogP contribution is -2.07. The van der Waals surface area contributed by atoms with Gasteiger partial charge in [-0.1, -0.05) is 6.07 Å². The predicted molar refractivity (Wildman–Crippen MR) is 84.2 cm³/mol. The van der Waals surface area contributed by atoms with Gasteiger partial charge in [0.1, 0.15) is 23.2 Å². The number of nitrogen functional groups attached to an aromatic ring is 1. The molecule has 5 nitrogen and oxygen atoms in total. The molecule has 2 aromatic rings. The minimum atomic E-state index is 0.466. The second kappa shape index (κ2) is 5.24. The molecule has 0 aliphatic heterocycles. The fraction of sp³-hybridized carbons (Fsp3) is 0.375. The van der Waals surface area contributed by atoms with Crippen molar-refractivity contribution >= 4 is 17.3 Å². The number of hydrogen-bond acceptors (Lipinski definition) is 5. The zero-order valence-electron chi connectivity index (χ0n) is 12.6. The van der Waals surface area contributed by atoms with E-state index in [2.05, 4.69) is 15.3 Å². The van der Waals surface area contributed by atoms with E-state index in [0.29, 0.717) is 11.7 Å². The van der Waals surface area contributed by atoms with Crippen LogP contribution in [0.1, 0.15) is 35.7 Å². The van der Waals surface area contributed by atoms with Crippen LogP contribution < -0.4 is 15.8 Å². The van der Waals surface area contributed by atoms with Crippen LogP contribution in [0.4, 0.5) is 17.3 Å². The van der Waals surface area contributed by atoms with E-state index in [0.717, 1.165) is 47.0 Å². The Balaban J connectivity index is 1.99. The predicted octanol–water partition coefficient (Wildman–Crippen LogP) is 3.31. The van der Waals surface area contributed by atoms with Crippen molar-refractivity contribution in [3.8, 4) is 5.75 Å². The Kier molecular flexibility index (Phi) is 3.41. The van der Waals surface area contributed by atoms with Gasteiger partial charge in [0.15, 0.2) is 0 Å². The number of aryl methyl sites for hydroxylation is 1. The number of hydrogen-bond donors (Lipinski definition) is 2. The van der Waals surface area contributed by atoms with E-state index in [1.165, 1.54) is 0 Å². The molecule has 5 heteroatoms. The van der Waals surface area contributed by atoms with Crippen molar-refractivity contribution in [3.63, 3.8) is 0 Å². The van der Waals surface area contributed by atoms with Crippen molar-refractivity contribution in [2.45, 2.75) is 32.6 Å². The van der Waals surface area contributed by atoms with Crippen molar-refractivity contribution in [3.05, 3.63) is 35.2 Å². The van der Waals surface area contributed by atoms with E-state index in [-0.39, 0.29) is 0 Å². The average Bonchev–Trinajstić information content (AvgIpc) is 3.28. The van der Waals surface area contributed by atoms with Crippen LogP contribution in [0.5, 0.6) is 5.75 Å². The van der Waals surface area contributed by atoms with Crippen LogP contribution in [0.3, 0.4) is 0 Å². The highest BCUT2D eigenvalue weighted by Crippen LogP contribution is 2.40. The summed E-state index contributed by atoms with van der Waals surface area (Å²) in [6, 6.07) is 5.99. The third kappa shape index (κ3) is 2.77. The Morgan fingerprint density at radius 2 is 2.00 bits per heavy atom. The largest absolute Gasteiger partial charge is 0.495 e. The van der Waals surface area contributed by atoms with Crippen molar-refractivity contribution in [1.82, 2.24) is 9.97 Å². The van der Waals surface area contributed by atoms with Gasteiger partial charge in [-0.05, 0) is 44.4 Å². The van der Waals surface area contributed by atoms with Gasteiger partial charge in [0, 0.05) is 11.5 Å². The minimum Gasteiger partial charge on any atom is -0.495 e. The topological polar surface area (TPSA) is 73.1 Å². The van der Waals surface area contributed by atoms with Crippen LogP contribution in [0.15, 0.2) is 18.2 Å². The first-order valence-electron chi connectivity index (χ1n) is 7.14. The molecular weight excluding hydrogens is 264 g/mol. The summed E-state index contributed by atoms with van der Waals surface area (Å²) >= 11 is 0. The monoisotopic (exact) mass is 284 g/mol. The fourth-order valence-corrected chi connectivity index (χ4v) is 2.24. The summed E-state index contributed by atoms with van der Waals surface area (Å²) in [5, 5.41) is 3.34. The molecule has 1 heterocycles. The number of anilines is 3. The van der Waals surface area contributed by atoms with Gasteiger partial charge in [-0.25, -0.2) is 9.97 Å².